The summed E-state index contributed by atoms with van der Waals surface area (Å²) in [6.45, 7) is 2.54. The van der Waals surface area contributed by atoms with E-state index in [4.69, 9.17) is 0 Å². The van der Waals surface area contributed by atoms with E-state index in [0.717, 1.165) is 19.5 Å². The molecule has 0 aromatic rings. The van der Waals surface area contributed by atoms with E-state index in [9.17, 15) is 8.42 Å². The molecule has 0 aromatic heterocycles. The zero-order valence-corrected chi connectivity index (χ0v) is 8.92. The van der Waals surface area contributed by atoms with E-state index in [1.54, 1.807) is 4.31 Å². The summed E-state index contributed by atoms with van der Waals surface area (Å²) in [5.41, 5.74) is 0. The Morgan fingerprint density at radius 3 is 2.54 bits per heavy atom. The second-order valence-electron chi connectivity index (χ2n) is 4.18. The Kier molecular flexibility index (Phi) is 2.13. The van der Waals surface area contributed by atoms with Crippen LogP contribution in [0.3, 0.4) is 0 Å². The molecule has 2 atom stereocenters. The van der Waals surface area contributed by atoms with Crippen LogP contribution >= 0.6 is 0 Å². The van der Waals surface area contributed by atoms with Crippen molar-refractivity contribution in [1.82, 2.24) is 9.21 Å². The smallest absolute Gasteiger partial charge is 0.211 e. The Morgan fingerprint density at radius 1 is 1.31 bits per heavy atom. The third-order valence-corrected chi connectivity index (χ3v) is 4.50. The van der Waals surface area contributed by atoms with Crippen LogP contribution in [0.5, 0.6) is 0 Å². The zero-order valence-electron chi connectivity index (χ0n) is 8.10. The molecule has 0 spiro atoms. The second-order valence-corrected chi connectivity index (χ2v) is 6.16. The SMILES string of the molecule is CN1CCC2CN(S(C)(=O)=O)CC21. The summed E-state index contributed by atoms with van der Waals surface area (Å²) in [6.07, 6.45) is 2.45. The molecule has 2 aliphatic rings. The van der Waals surface area contributed by atoms with Crippen molar-refractivity contribution in [1.29, 1.82) is 0 Å². The van der Waals surface area contributed by atoms with Crippen LogP contribution in [0.4, 0.5) is 0 Å². The van der Waals surface area contributed by atoms with Crippen LogP contribution < -0.4 is 0 Å². The van der Waals surface area contributed by atoms with E-state index in [1.807, 2.05) is 0 Å². The van der Waals surface area contributed by atoms with Gasteiger partial charge in [-0.15, -0.1) is 0 Å². The predicted molar refractivity (Wildman–Crippen MR) is 50.9 cm³/mol. The van der Waals surface area contributed by atoms with Crippen LogP contribution in [0.2, 0.25) is 0 Å². The van der Waals surface area contributed by atoms with Gasteiger partial charge in [0.2, 0.25) is 10.0 Å². The van der Waals surface area contributed by atoms with Crippen LogP contribution in [-0.4, -0.2) is 56.6 Å². The molecule has 2 saturated heterocycles. The van der Waals surface area contributed by atoms with Crippen molar-refractivity contribution in [2.75, 3.05) is 32.9 Å². The van der Waals surface area contributed by atoms with E-state index in [2.05, 4.69) is 11.9 Å². The van der Waals surface area contributed by atoms with Crippen molar-refractivity contribution in [3.63, 3.8) is 0 Å². The first-order valence-corrected chi connectivity index (χ1v) is 6.48. The van der Waals surface area contributed by atoms with E-state index >= 15 is 0 Å². The lowest BCUT2D eigenvalue weighted by Crippen LogP contribution is -2.34. The fourth-order valence-electron chi connectivity index (χ4n) is 2.40. The normalized spacial score (nSPS) is 36.8. The quantitative estimate of drug-likeness (QED) is 0.582. The highest BCUT2D eigenvalue weighted by Crippen LogP contribution is 2.31. The lowest BCUT2D eigenvalue weighted by Gasteiger charge is -2.18. The van der Waals surface area contributed by atoms with Gasteiger partial charge in [0.1, 0.15) is 0 Å². The summed E-state index contributed by atoms with van der Waals surface area (Å²) < 4.78 is 24.2. The minimum Gasteiger partial charge on any atom is -0.302 e. The van der Waals surface area contributed by atoms with Gasteiger partial charge in [-0.05, 0) is 25.9 Å². The summed E-state index contributed by atoms with van der Waals surface area (Å²) in [5, 5.41) is 0. The molecule has 0 aliphatic carbocycles. The molecule has 2 rings (SSSR count). The Balaban J connectivity index is 2.11. The molecular formula is C8H16N2O2S. The second kappa shape index (κ2) is 2.93. The van der Waals surface area contributed by atoms with E-state index in [0.29, 0.717) is 18.5 Å². The number of fused-ring (bicyclic) bond motifs is 1. The third-order valence-electron chi connectivity index (χ3n) is 3.26. The van der Waals surface area contributed by atoms with Crippen molar-refractivity contribution < 1.29 is 8.42 Å². The molecular weight excluding hydrogens is 188 g/mol. The molecule has 2 aliphatic heterocycles. The number of rotatable bonds is 1. The number of sulfonamides is 1. The highest BCUT2D eigenvalue weighted by molar-refractivity contribution is 7.88. The van der Waals surface area contributed by atoms with Crippen LogP contribution in [0.1, 0.15) is 6.42 Å². The third kappa shape index (κ3) is 1.60. The van der Waals surface area contributed by atoms with Crippen molar-refractivity contribution in [2.24, 2.45) is 5.92 Å². The van der Waals surface area contributed by atoms with Gasteiger partial charge in [-0.3, -0.25) is 0 Å². The minimum atomic E-state index is -2.96. The largest absolute Gasteiger partial charge is 0.302 e. The Bertz CT molecular complexity index is 301. The predicted octanol–water partition coefficient (Wildman–Crippen LogP) is -0.418. The van der Waals surface area contributed by atoms with Gasteiger partial charge in [-0.25, -0.2) is 12.7 Å². The number of nitrogens with zero attached hydrogens (tertiary/aromatic N) is 2. The first-order valence-electron chi connectivity index (χ1n) is 4.64. The first kappa shape index (κ1) is 9.43. The summed E-state index contributed by atoms with van der Waals surface area (Å²) >= 11 is 0. The standard InChI is InChI=1S/C8H16N2O2S/c1-9-4-3-7-5-10(6-8(7)9)13(2,11)12/h7-8H,3-6H2,1-2H3. The molecule has 0 saturated carbocycles. The fourth-order valence-corrected chi connectivity index (χ4v) is 3.29. The van der Waals surface area contributed by atoms with Gasteiger partial charge < -0.3 is 4.90 Å². The molecule has 76 valence electrons. The molecule has 0 amide bonds. The Labute approximate surface area is 79.6 Å². The molecule has 2 unspecified atom stereocenters. The van der Waals surface area contributed by atoms with Crippen LogP contribution in [0, 0.1) is 5.92 Å². The van der Waals surface area contributed by atoms with Crippen molar-refractivity contribution in [3.05, 3.63) is 0 Å². The molecule has 2 heterocycles. The van der Waals surface area contributed by atoms with Crippen LogP contribution in [-0.2, 0) is 10.0 Å². The van der Waals surface area contributed by atoms with Crippen LogP contribution in [0.15, 0.2) is 0 Å². The van der Waals surface area contributed by atoms with E-state index in [1.165, 1.54) is 6.26 Å². The van der Waals surface area contributed by atoms with Crippen LogP contribution in [0.25, 0.3) is 0 Å². The molecule has 13 heavy (non-hydrogen) atoms. The average molecular weight is 204 g/mol. The van der Waals surface area contributed by atoms with Crippen molar-refractivity contribution >= 4 is 10.0 Å². The minimum absolute atomic E-state index is 0.467. The number of likely N-dealkylation sites (N-methyl/N-ethyl adjacent to an activating group) is 1. The summed E-state index contributed by atoms with van der Waals surface area (Å²) in [5.74, 6) is 0.569. The Hall–Kier alpha value is -0.130. The molecule has 5 heteroatoms. The molecule has 0 aromatic carbocycles. The summed E-state index contributed by atoms with van der Waals surface area (Å²) in [6, 6.07) is 0.467. The number of hydrogen-bond donors (Lipinski definition) is 0. The topological polar surface area (TPSA) is 40.6 Å². The number of likely N-dealkylation sites (tertiary alicyclic amines) is 1. The molecule has 4 nitrogen and oxygen atoms in total. The van der Waals surface area contributed by atoms with E-state index < -0.39 is 10.0 Å². The number of hydrogen-bond acceptors (Lipinski definition) is 3. The zero-order chi connectivity index (χ0) is 9.64. The van der Waals surface area contributed by atoms with Gasteiger partial charge in [0.25, 0.3) is 0 Å². The maximum atomic E-state index is 11.3. The first-order chi connectivity index (χ1) is 5.98. The van der Waals surface area contributed by atoms with Gasteiger partial charge >= 0.3 is 0 Å². The van der Waals surface area contributed by atoms with Gasteiger partial charge in [0.05, 0.1) is 6.26 Å². The Morgan fingerprint density at radius 2 is 2.00 bits per heavy atom. The molecule has 0 N–H and O–H groups in total. The lowest BCUT2D eigenvalue weighted by atomic mass is 10.1. The summed E-state index contributed by atoms with van der Waals surface area (Å²) in [7, 11) is -0.882. The molecule has 2 fully saturated rings. The molecule has 0 radical (unpaired) electrons. The molecule has 0 bridgehead atoms. The highest BCUT2D eigenvalue weighted by atomic mass is 32.2. The highest BCUT2D eigenvalue weighted by Gasteiger charge is 2.42. The van der Waals surface area contributed by atoms with E-state index in [-0.39, 0.29) is 0 Å². The van der Waals surface area contributed by atoms with Gasteiger partial charge in [0, 0.05) is 19.1 Å². The van der Waals surface area contributed by atoms with Gasteiger partial charge in [0.15, 0.2) is 0 Å². The lowest BCUT2D eigenvalue weighted by molar-refractivity contribution is 0.297. The van der Waals surface area contributed by atoms with Crippen molar-refractivity contribution in [3.8, 4) is 0 Å². The van der Waals surface area contributed by atoms with Gasteiger partial charge in [-0.1, -0.05) is 0 Å². The van der Waals surface area contributed by atoms with Gasteiger partial charge in [-0.2, -0.15) is 0 Å². The maximum absolute atomic E-state index is 11.3. The summed E-state index contributed by atoms with van der Waals surface area (Å²) in [4.78, 5) is 2.27. The average Bonchev–Trinajstić information content (AvgIpc) is 2.51. The monoisotopic (exact) mass is 204 g/mol. The van der Waals surface area contributed by atoms with Crippen molar-refractivity contribution in [2.45, 2.75) is 12.5 Å². The maximum Gasteiger partial charge on any atom is 0.211 e. The fraction of sp³-hybridized carbons (Fsp3) is 1.00.